The van der Waals surface area contributed by atoms with E-state index in [4.69, 9.17) is 11.6 Å². The molecule has 0 saturated carbocycles. The lowest BCUT2D eigenvalue weighted by Gasteiger charge is -2.15. The van der Waals surface area contributed by atoms with Crippen LogP contribution in [-0.4, -0.2) is 25.0 Å². The number of rotatable bonds is 7. The van der Waals surface area contributed by atoms with Crippen LogP contribution < -0.4 is 16.0 Å². The number of amides is 3. The Labute approximate surface area is 150 Å². The van der Waals surface area contributed by atoms with Gasteiger partial charge in [0.15, 0.2) is 0 Å². The molecule has 1 heterocycles. The molecule has 0 aliphatic rings. The summed E-state index contributed by atoms with van der Waals surface area (Å²) in [5.41, 5.74) is 0.910. The molecule has 1 unspecified atom stereocenters. The molecule has 2 rings (SSSR count). The maximum absolute atomic E-state index is 11.8. The highest BCUT2D eigenvalue weighted by molar-refractivity contribution is 7.09. The molecule has 3 amide bonds. The number of nitrogens with one attached hydrogen (secondary N) is 3. The minimum atomic E-state index is -0.483. The minimum absolute atomic E-state index is 0.0325. The number of halogens is 1. The van der Waals surface area contributed by atoms with Gasteiger partial charge in [0, 0.05) is 22.5 Å². The van der Waals surface area contributed by atoms with E-state index in [1.165, 1.54) is 4.88 Å². The molecule has 0 bridgehead atoms. The number of benzene rings is 1. The predicted molar refractivity (Wildman–Crippen MR) is 97.4 cm³/mol. The zero-order chi connectivity index (χ0) is 17.4. The van der Waals surface area contributed by atoms with Crippen molar-refractivity contribution in [2.75, 3.05) is 13.1 Å². The van der Waals surface area contributed by atoms with Crippen LogP contribution in [0, 0.1) is 0 Å². The number of urea groups is 1. The number of carbonyl (C=O) groups excluding carboxylic acids is 2. The van der Waals surface area contributed by atoms with Crippen LogP contribution in [0.15, 0.2) is 41.8 Å². The summed E-state index contributed by atoms with van der Waals surface area (Å²) in [6.45, 7) is 2.43. The van der Waals surface area contributed by atoms with Gasteiger partial charge in [-0.3, -0.25) is 10.1 Å². The van der Waals surface area contributed by atoms with Crippen molar-refractivity contribution in [1.29, 1.82) is 0 Å². The van der Waals surface area contributed by atoms with Gasteiger partial charge < -0.3 is 10.6 Å². The van der Waals surface area contributed by atoms with Crippen molar-refractivity contribution in [3.8, 4) is 0 Å². The van der Waals surface area contributed by atoms with Crippen LogP contribution in [0.25, 0.3) is 0 Å². The second-order valence-electron chi connectivity index (χ2n) is 5.26. The third-order valence-electron chi connectivity index (χ3n) is 3.43. The average Bonchev–Trinajstić information content (AvgIpc) is 3.06. The largest absolute Gasteiger partial charge is 0.337 e. The average molecular weight is 366 g/mol. The van der Waals surface area contributed by atoms with Crippen LogP contribution in [0.2, 0.25) is 5.02 Å². The Morgan fingerprint density at radius 2 is 2.00 bits per heavy atom. The van der Waals surface area contributed by atoms with Gasteiger partial charge in [0.1, 0.15) is 0 Å². The van der Waals surface area contributed by atoms with Crippen molar-refractivity contribution >= 4 is 34.9 Å². The smallest absolute Gasteiger partial charge is 0.321 e. The van der Waals surface area contributed by atoms with Crippen LogP contribution in [-0.2, 0) is 11.2 Å². The van der Waals surface area contributed by atoms with Crippen LogP contribution in [0.4, 0.5) is 4.79 Å². The first-order valence-electron chi connectivity index (χ1n) is 7.64. The number of hydrogen-bond donors (Lipinski definition) is 3. The van der Waals surface area contributed by atoms with Crippen molar-refractivity contribution in [2.24, 2.45) is 0 Å². The molecule has 0 saturated heterocycles. The highest BCUT2D eigenvalue weighted by Crippen LogP contribution is 2.21. The first-order valence-corrected chi connectivity index (χ1v) is 8.90. The lowest BCUT2D eigenvalue weighted by Crippen LogP contribution is -2.44. The van der Waals surface area contributed by atoms with E-state index < -0.39 is 6.03 Å². The summed E-state index contributed by atoms with van der Waals surface area (Å²) in [5, 5.41) is 10.6. The van der Waals surface area contributed by atoms with Crippen molar-refractivity contribution < 1.29 is 9.59 Å². The highest BCUT2D eigenvalue weighted by Gasteiger charge is 2.12. The molecule has 1 aromatic carbocycles. The Morgan fingerprint density at radius 1 is 1.21 bits per heavy atom. The summed E-state index contributed by atoms with van der Waals surface area (Å²) in [6.07, 6.45) is 0.751. The van der Waals surface area contributed by atoms with Gasteiger partial charge in [0.05, 0.1) is 6.54 Å². The van der Waals surface area contributed by atoms with E-state index >= 15 is 0 Å². The quantitative estimate of drug-likeness (QED) is 0.706. The Balaban J connectivity index is 1.67. The monoisotopic (exact) mass is 365 g/mol. The van der Waals surface area contributed by atoms with Gasteiger partial charge in [0.25, 0.3) is 0 Å². The standard InChI is InChI=1S/C17H20ClN3O2S/c1-12(14-6-2-3-7-15(14)18)20-11-16(22)21-17(23)19-9-8-13-5-4-10-24-13/h2-7,10,12,20H,8-9,11H2,1H3,(H2,19,21,22,23). The first-order chi connectivity index (χ1) is 11.6. The van der Waals surface area contributed by atoms with E-state index in [0.717, 1.165) is 12.0 Å². The summed E-state index contributed by atoms with van der Waals surface area (Å²) >= 11 is 7.75. The molecule has 1 aromatic heterocycles. The molecule has 0 fully saturated rings. The van der Waals surface area contributed by atoms with Crippen molar-refractivity contribution in [3.05, 3.63) is 57.2 Å². The van der Waals surface area contributed by atoms with E-state index in [2.05, 4.69) is 16.0 Å². The lowest BCUT2D eigenvalue weighted by atomic mass is 10.1. The molecule has 5 nitrogen and oxygen atoms in total. The van der Waals surface area contributed by atoms with E-state index in [0.29, 0.717) is 11.6 Å². The van der Waals surface area contributed by atoms with Gasteiger partial charge >= 0.3 is 6.03 Å². The summed E-state index contributed by atoms with van der Waals surface area (Å²) < 4.78 is 0. The third-order valence-corrected chi connectivity index (χ3v) is 4.71. The first kappa shape index (κ1) is 18.4. The molecule has 0 aliphatic carbocycles. The topological polar surface area (TPSA) is 70.2 Å². The number of thiophene rings is 1. The SMILES string of the molecule is CC(NCC(=O)NC(=O)NCCc1cccs1)c1ccccc1Cl. The number of carbonyl (C=O) groups is 2. The molecule has 2 aromatic rings. The van der Waals surface area contributed by atoms with Crippen molar-refractivity contribution in [3.63, 3.8) is 0 Å². The molecular weight excluding hydrogens is 346 g/mol. The fourth-order valence-electron chi connectivity index (χ4n) is 2.15. The summed E-state index contributed by atoms with van der Waals surface area (Å²) in [4.78, 5) is 24.7. The van der Waals surface area contributed by atoms with Crippen LogP contribution in [0.1, 0.15) is 23.4 Å². The lowest BCUT2D eigenvalue weighted by molar-refractivity contribution is -0.119. The fraction of sp³-hybridized carbons (Fsp3) is 0.294. The zero-order valence-electron chi connectivity index (χ0n) is 13.3. The van der Waals surface area contributed by atoms with Gasteiger partial charge in [-0.15, -0.1) is 11.3 Å². The third kappa shape index (κ3) is 5.96. The minimum Gasteiger partial charge on any atom is -0.337 e. The molecule has 128 valence electrons. The second-order valence-corrected chi connectivity index (χ2v) is 6.70. The Bertz CT molecular complexity index is 676. The summed E-state index contributed by atoms with van der Waals surface area (Å²) in [7, 11) is 0. The van der Waals surface area contributed by atoms with Gasteiger partial charge in [0.2, 0.25) is 5.91 Å². The molecule has 3 N–H and O–H groups in total. The molecular formula is C17H20ClN3O2S. The van der Waals surface area contributed by atoms with Crippen LogP contribution >= 0.6 is 22.9 Å². The Kier molecular flexibility index (Phi) is 7.24. The molecule has 24 heavy (non-hydrogen) atoms. The maximum Gasteiger partial charge on any atom is 0.321 e. The predicted octanol–water partition coefficient (Wildman–Crippen LogP) is 3.12. The molecule has 0 spiro atoms. The van der Waals surface area contributed by atoms with Gasteiger partial charge in [-0.1, -0.05) is 35.9 Å². The zero-order valence-corrected chi connectivity index (χ0v) is 14.9. The van der Waals surface area contributed by atoms with E-state index in [9.17, 15) is 9.59 Å². The fourth-order valence-corrected chi connectivity index (χ4v) is 3.16. The molecule has 0 aliphatic heterocycles. The molecule has 0 radical (unpaired) electrons. The second kappa shape index (κ2) is 9.42. The molecule has 1 atom stereocenters. The van der Waals surface area contributed by atoms with E-state index in [1.54, 1.807) is 17.4 Å². The Hall–Kier alpha value is -1.89. The van der Waals surface area contributed by atoms with E-state index in [-0.39, 0.29) is 18.5 Å². The maximum atomic E-state index is 11.8. The van der Waals surface area contributed by atoms with E-state index in [1.807, 2.05) is 42.6 Å². The van der Waals surface area contributed by atoms with Crippen LogP contribution in [0.5, 0.6) is 0 Å². The number of hydrogen-bond acceptors (Lipinski definition) is 4. The van der Waals surface area contributed by atoms with Crippen molar-refractivity contribution in [1.82, 2.24) is 16.0 Å². The van der Waals surface area contributed by atoms with Crippen molar-refractivity contribution in [2.45, 2.75) is 19.4 Å². The van der Waals surface area contributed by atoms with Gasteiger partial charge in [-0.05, 0) is 36.4 Å². The highest BCUT2D eigenvalue weighted by atomic mass is 35.5. The van der Waals surface area contributed by atoms with Gasteiger partial charge in [-0.2, -0.15) is 0 Å². The summed E-state index contributed by atoms with van der Waals surface area (Å²) in [6, 6.07) is 10.8. The van der Waals surface area contributed by atoms with Crippen LogP contribution in [0.3, 0.4) is 0 Å². The number of imide groups is 1. The molecule has 7 heteroatoms. The Morgan fingerprint density at radius 3 is 2.71 bits per heavy atom. The normalized spacial score (nSPS) is 11.8. The van der Waals surface area contributed by atoms with Gasteiger partial charge in [-0.25, -0.2) is 4.79 Å². The summed E-state index contributed by atoms with van der Waals surface area (Å²) in [5.74, 6) is -0.387.